The van der Waals surface area contributed by atoms with E-state index >= 15 is 0 Å². The van der Waals surface area contributed by atoms with Crippen molar-refractivity contribution in [3.8, 4) is 0 Å². The predicted molar refractivity (Wildman–Crippen MR) is 68.1 cm³/mol. The van der Waals surface area contributed by atoms with E-state index in [1.54, 1.807) is 0 Å². The molecule has 0 saturated carbocycles. The second-order valence-electron chi connectivity index (χ2n) is 5.25. The quantitative estimate of drug-likeness (QED) is 0.797. The van der Waals surface area contributed by atoms with Crippen molar-refractivity contribution >= 4 is 0 Å². The molecule has 0 bridgehead atoms. The molecular weight excluding hydrogens is 228 g/mol. The van der Waals surface area contributed by atoms with E-state index in [2.05, 4.69) is 21.9 Å². The van der Waals surface area contributed by atoms with Crippen molar-refractivity contribution in [1.29, 1.82) is 0 Å². The van der Waals surface area contributed by atoms with Gasteiger partial charge in [0.25, 0.3) is 0 Å². The molecule has 1 aromatic heterocycles. The van der Waals surface area contributed by atoms with Crippen molar-refractivity contribution < 1.29 is 4.74 Å². The van der Waals surface area contributed by atoms with E-state index in [-0.39, 0.29) is 12.1 Å². The molecule has 1 aromatic rings. The summed E-state index contributed by atoms with van der Waals surface area (Å²) in [4.78, 5) is 11.4. The van der Waals surface area contributed by atoms with Gasteiger partial charge in [-0.15, -0.1) is 0 Å². The second-order valence-corrected chi connectivity index (χ2v) is 5.25. The average molecular weight is 248 g/mol. The normalized spacial score (nSPS) is 29.0. The topological polar surface area (TPSA) is 64.3 Å². The fourth-order valence-corrected chi connectivity index (χ4v) is 2.69. The number of likely N-dealkylation sites (N-methyl/N-ethyl adjacent to an activating group) is 1. The van der Waals surface area contributed by atoms with Crippen LogP contribution < -0.4 is 5.73 Å². The molecule has 98 valence electrons. The van der Waals surface area contributed by atoms with Crippen molar-refractivity contribution in [1.82, 2.24) is 14.9 Å². The Bertz CT molecular complexity index is 437. The number of fused-ring (bicyclic) bond motifs is 1. The van der Waals surface area contributed by atoms with E-state index in [1.165, 1.54) is 0 Å². The van der Waals surface area contributed by atoms with E-state index in [0.717, 1.165) is 56.0 Å². The van der Waals surface area contributed by atoms with Gasteiger partial charge in [0, 0.05) is 36.6 Å². The minimum atomic E-state index is 0.00667. The van der Waals surface area contributed by atoms with Crippen LogP contribution >= 0.6 is 0 Å². The van der Waals surface area contributed by atoms with Gasteiger partial charge in [-0.05, 0) is 26.3 Å². The van der Waals surface area contributed by atoms with Crippen molar-refractivity contribution in [2.24, 2.45) is 5.73 Å². The van der Waals surface area contributed by atoms with Gasteiger partial charge in [0.15, 0.2) is 5.82 Å². The summed E-state index contributed by atoms with van der Waals surface area (Å²) in [7, 11) is 2.10. The maximum absolute atomic E-state index is 6.08. The van der Waals surface area contributed by atoms with Gasteiger partial charge in [-0.1, -0.05) is 0 Å². The average Bonchev–Trinajstić information content (AvgIpc) is 2.39. The Kier molecular flexibility index (Phi) is 3.28. The molecule has 2 unspecified atom stereocenters. The van der Waals surface area contributed by atoms with E-state index < -0.39 is 0 Å². The molecule has 3 rings (SSSR count). The first kappa shape index (κ1) is 12.0. The third kappa shape index (κ3) is 2.25. The van der Waals surface area contributed by atoms with Gasteiger partial charge in [-0.3, -0.25) is 0 Å². The van der Waals surface area contributed by atoms with Crippen molar-refractivity contribution in [2.45, 2.75) is 31.4 Å². The summed E-state index contributed by atoms with van der Waals surface area (Å²) in [5.74, 6) is 0.814. The number of aromatic nitrogens is 2. The van der Waals surface area contributed by atoms with Crippen LogP contribution in [0.25, 0.3) is 0 Å². The number of ether oxygens (including phenoxy) is 1. The molecule has 1 saturated heterocycles. The Balaban J connectivity index is 1.85. The summed E-state index contributed by atoms with van der Waals surface area (Å²) in [6, 6.07) is 0.109. The third-order valence-corrected chi connectivity index (χ3v) is 3.80. The molecule has 2 atom stereocenters. The van der Waals surface area contributed by atoms with Gasteiger partial charge < -0.3 is 15.4 Å². The Morgan fingerprint density at radius 1 is 1.50 bits per heavy atom. The molecular formula is C13H20N4O. The maximum Gasteiger partial charge on any atom is 0.158 e. The van der Waals surface area contributed by atoms with Crippen molar-refractivity contribution in [3.05, 3.63) is 23.3 Å². The molecule has 1 aliphatic heterocycles. The molecule has 5 heteroatoms. The van der Waals surface area contributed by atoms with Crippen molar-refractivity contribution in [2.75, 3.05) is 26.7 Å². The molecule has 0 radical (unpaired) electrons. The number of morpholine rings is 1. The van der Waals surface area contributed by atoms with Crippen LogP contribution in [-0.4, -0.2) is 41.6 Å². The third-order valence-electron chi connectivity index (χ3n) is 3.80. The van der Waals surface area contributed by atoms with E-state index in [1.807, 2.05) is 6.20 Å². The van der Waals surface area contributed by atoms with Crippen LogP contribution in [0, 0.1) is 0 Å². The first-order valence-corrected chi connectivity index (χ1v) is 6.65. The van der Waals surface area contributed by atoms with Crippen LogP contribution in [0.5, 0.6) is 0 Å². The lowest BCUT2D eigenvalue weighted by molar-refractivity contribution is -0.0256. The number of hydrogen-bond acceptors (Lipinski definition) is 5. The van der Waals surface area contributed by atoms with Crippen LogP contribution in [0.1, 0.15) is 42.1 Å². The minimum absolute atomic E-state index is 0.00667. The Morgan fingerprint density at radius 2 is 2.39 bits per heavy atom. The molecule has 1 aliphatic carbocycles. The summed E-state index contributed by atoms with van der Waals surface area (Å²) < 4.78 is 5.75. The van der Waals surface area contributed by atoms with E-state index in [0.29, 0.717) is 0 Å². The lowest BCUT2D eigenvalue weighted by Crippen LogP contribution is -2.36. The Hall–Kier alpha value is -1.04. The second kappa shape index (κ2) is 4.91. The van der Waals surface area contributed by atoms with Gasteiger partial charge in [0.1, 0.15) is 6.10 Å². The molecule has 2 heterocycles. The largest absolute Gasteiger partial charge is 0.368 e. The molecule has 18 heavy (non-hydrogen) atoms. The van der Waals surface area contributed by atoms with E-state index in [4.69, 9.17) is 10.5 Å². The molecule has 5 nitrogen and oxygen atoms in total. The zero-order chi connectivity index (χ0) is 12.5. The molecule has 2 N–H and O–H groups in total. The fraction of sp³-hybridized carbons (Fsp3) is 0.692. The number of nitrogens with two attached hydrogens (primary N) is 1. The summed E-state index contributed by atoms with van der Waals surface area (Å²) in [6.07, 6.45) is 5.09. The van der Waals surface area contributed by atoms with E-state index in [9.17, 15) is 0 Å². The fourth-order valence-electron chi connectivity index (χ4n) is 2.69. The summed E-state index contributed by atoms with van der Waals surface area (Å²) >= 11 is 0. The first-order valence-electron chi connectivity index (χ1n) is 6.65. The highest BCUT2D eigenvalue weighted by Gasteiger charge is 2.25. The van der Waals surface area contributed by atoms with Gasteiger partial charge in [0.2, 0.25) is 0 Å². The van der Waals surface area contributed by atoms with Gasteiger partial charge >= 0.3 is 0 Å². The van der Waals surface area contributed by atoms with Crippen LogP contribution in [0.2, 0.25) is 0 Å². The molecule has 0 aromatic carbocycles. The number of hydrogen-bond donors (Lipinski definition) is 1. The molecule has 2 aliphatic rings. The summed E-state index contributed by atoms with van der Waals surface area (Å²) in [6.45, 7) is 2.60. The first-order chi connectivity index (χ1) is 8.74. The number of aryl methyl sites for hydroxylation is 1. The summed E-state index contributed by atoms with van der Waals surface area (Å²) in [5, 5.41) is 0. The molecule has 0 amide bonds. The molecule has 1 fully saturated rings. The highest BCUT2D eigenvalue weighted by molar-refractivity contribution is 5.24. The standard InChI is InChI=1S/C13H20N4O/c1-17-5-6-18-12(8-17)13-15-7-9-10(14)3-2-4-11(9)16-13/h7,10,12H,2-6,8,14H2,1H3. The SMILES string of the molecule is CN1CCOC(c2ncc3c(n2)CCCC3N)C1. The Labute approximate surface area is 107 Å². The predicted octanol–water partition coefficient (Wildman–Crippen LogP) is 0.816. The van der Waals surface area contributed by atoms with Crippen LogP contribution in [0.4, 0.5) is 0 Å². The molecule has 0 spiro atoms. The van der Waals surface area contributed by atoms with Gasteiger partial charge in [-0.25, -0.2) is 9.97 Å². The van der Waals surface area contributed by atoms with Gasteiger partial charge in [0.05, 0.1) is 6.61 Å². The minimum Gasteiger partial charge on any atom is -0.368 e. The highest BCUT2D eigenvalue weighted by Crippen LogP contribution is 2.27. The maximum atomic E-state index is 6.08. The zero-order valence-electron chi connectivity index (χ0n) is 10.8. The zero-order valence-corrected chi connectivity index (χ0v) is 10.8. The van der Waals surface area contributed by atoms with Crippen LogP contribution in [0.3, 0.4) is 0 Å². The smallest absolute Gasteiger partial charge is 0.158 e. The van der Waals surface area contributed by atoms with Gasteiger partial charge in [-0.2, -0.15) is 0 Å². The Morgan fingerprint density at radius 3 is 3.22 bits per heavy atom. The highest BCUT2D eigenvalue weighted by atomic mass is 16.5. The van der Waals surface area contributed by atoms with Crippen LogP contribution in [0.15, 0.2) is 6.20 Å². The monoisotopic (exact) mass is 248 g/mol. The lowest BCUT2D eigenvalue weighted by atomic mass is 9.93. The van der Waals surface area contributed by atoms with Crippen molar-refractivity contribution in [3.63, 3.8) is 0 Å². The number of nitrogens with zero attached hydrogens (tertiary/aromatic N) is 3. The number of rotatable bonds is 1. The van der Waals surface area contributed by atoms with Crippen LogP contribution in [-0.2, 0) is 11.2 Å². The summed E-state index contributed by atoms with van der Waals surface area (Å²) in [5.41, 5.74) is 8.32. The lowest BCUT2D eigenvalue weighted by Gasteiger charge is -2.30.